The van der Waals surface area contributed by atoms with E-state index in [1.807, 2.05) is 31.2 Å². The molecule has 0 saturated carbocycles. The fourth-order valence-electron chi connectivity index (χ4n) is 3.56. The summed E-state index contributed by atoms with van der Waals surface area (Å²) in [6, 6.07) is 12.0. The summed E-state index contributed by atoms with van der Waals surface area (Å²) in [5, 5.41) is 2.93. The van der Waals surface area contributed by atoms with E-state index in [0.29, 0.717) is 13.1 Å². The van der Waals surface area contributed by atoms with Crippen LogP contribution in [0.25, 0.3) is 0 Å². The fraction of sp³-hybridized carbons (Fsp3) is 0.409. The van der Waals surface area contributed by atoms with Crippen molar-refractivity contribution in [3.8, 4) is 5.75 Å². The maximum atomic E-state index is 13.3. The lowest BCUT2D eigenvalue weighted by Crippen LogP contribution is -2.32. The van der Waals surface area contributed by atoms with Gasteiger partial charge in [-0.2, -0.15) is 4.31 Å². The minimum atomic E-state index is -3.75. The fourth-order valence-corrected chi connectivity index (χ4v) is 5.52. The van der Waals surface area contributed by atoms with Crippen LogP contribution >= 0.6 is 15.9 Å². The van der Waals surface area contributed by atoms with Crippen LogP contribution in [0.1, 0.15) is 54.6 Å². The zero-order valence-corrected chi connectivity index (χ0v) is 19.6. The van der Waals surface area contributed by atoms with Crippen molar-refractivity contribution in [3.63, 3.8) is 0 Å². The van der Waals surface area contributed by atoms with E-state index in [4.69, 9.17) is 4.74 Å². The Labute approximate surface area is 186 Å². The average Bonchev–Trinajstić information content (AvgIpc) is 3.04. The predicted octanol–water partition coefficient (Wildman–Crippen LogP) is 4.51. The molecule has 1 N–H and O–H groups in total. The maximum Gasteiger partial charge on any atom is 0.251 e. The summed E-state index contributed by atoms with van der Waals surface area (Å²) in [6.45, 7) is 2.87. The van der Waals surface area contributed by atoms with Gasteiger partial charge < -0.3 is 10.1 Å². The van der Waals surface area contributed by atoms with Crippen molar-refractivity contribution in [2.24, 2.45) is 0 Å². The molecule has 0 bridgehead atoms. The van der Waals surface area contributed by atoms with Crippen LogP contribution in [0.4, 0.5) is 0 Å². The molecule has 0 radical (unpaired) electrons. The molecule has 1 fully saturated rings. The van der Waals surface area contributed by atoms with Gasteiger partial charge >= 0.3 is 0 Å². The predicted molar refractivity (Wildman–Crippen MR) is 120 cm³/mol. The van der Waals surface area contributed by atoms with Gasteiger partial charge in [-0.25, -0.2) is 8.42 Å². The molecule has 8 heteroatoms. The highest BCUT2D eigenvalue weighted by Crippen LogP contribution is 2.29. The number of hydrogen-bond donors (Lipinski definition) is 1. The van der Waals surface area contributed by atoms with Crippen LogP contribution in [0.5, 0.6) is 5.75 Å². The Morgan fingerprint density at radius 3 is 2.30 bits per heavy atom. The standard InChI is InChI=1S/C22H27BrN2O4S/c1-16(17-7-10-19(23)11-8-17)24-22(26)18-9-12-20(29-2)21(15-18)30(27,28)25-13-5-3-4-6-14-25/h7-12,15-16H,3-6,13-14H2,1-2H3,(H,24,26). The molecule has 3 rings (SSSR count). The molecular weight excluding hydrogens is 468 g/mol. The van der Waals surface area contributed by atoms with Crippen molar-refractivity contribution >= 4 is 31.9 Å². The molecule has 1 aliphatic heterocycles. The molecule has 1 saturated heterocycles. The van der Waals surface area contributed by atoms with Crippen LogP contribution in [0.3, 0.4) is 0 Å². The van der Waals surface area contributed by atoms with Gasteiger partial charge in [-0.3, -0.25) is 4.79 Å². The molecular formula is C22H27BrN2O4S. The number of amides is 1. The van der Waals surface area contributed by atoms with Crippen LogP contribution in [0, 0.1) is 0 Å². The number of ether oxygens (including phenoxy) is 1. The quantitative estimate of drug-likeness (QED) is 0.640. The van der Waals surface area contributed by atoms with Gasteiger partial charge in [0.05, 0.1) is 13.2 Å². The normalized spacial score (nSPS) is 16.5. The van der Waals surface area contributed by atoms with Crippen molar-refractivity contribution in [2.75, 3.05) is 20.2 Å². The van der Waals surface area contributed by atoms with E-state index >= 15 is 0 Å². The second kappa shape index (κ2) is 9.94. The molecule has 1 heterocycles. The summed E-state index contributed by atoms with van der Waals surface area (Å²) in [6.07, 6.45) is 3.73. The number of methoxy groups -OCH3 is 1. The van der Waals surface area contributed by atoms with Gasteiger partial charge in [0, 0.05) is 23.1 Å². The first-order chi connectivity index (χ1) is 14.3. The van der Waals surface area contributed by atoms with E-state index in [1.54, 1.807) is 12.1 Å². The van der Waals surface area contributed by atoms with Crippen molar-refractivity contribution in [3.05, 3.63) is 58.1 Å². The third kappa shape index (κ3) is 5.22. The Bertz CT molecular complexity index is 985. The van der Waals surface area contributed by atoms with Gasteiger partial charge in [-0.15, -0.1) is 0 Å². The van der Waals surface area contributed by atoms with Crippen molar-refractivity contribution in [2.45, 2.75) is 43.5 Å². The highest BCUT2D eigenvalue weighted by atomic mass is 79.9. The number of benzene rings is 2. The molecule has 1 amide bonds. The largest absolute Gasteiger partial charge is 0.495 e. The summed E-state index contributed by atoms with van der Waals surface area (Å²) < 4.78 is 34.3. The van der Waals surface area contributed by atoms with E-state index < -0.39 is 10.0 Å². The van der Waals surface area contributed by atoms with E-state index in [9.17, 15) is 13.2 Å². The van der Waals surface area contributed by atoms with Gasteiger partial charge in [0.25, 0.3) is 5.91 Å². The minimum Gasteiger partial charge on any atom is -0.495 e. The van der Waals surface area contributed by atoms with Crippen LogP contribution in [-0.2, 0) is 10.0 Å². The number of rotatable bonds is 6. The Kier molecular flexibility index (Phi) is 7.55. The van der Waals surface area contributed by atoms with E-state index in [-0.39, 0.29) is 28.2 Å². The molecule has 1 atom stereocenters. The maximum absolute atomic E-state index is 13.3. The van der Waals surface area contributed by atoms with Gasteiger partial charge in [0.15, 0.2) is 0 Å². The lowest BCUT2D eigenvalue weighted by atomic mass is 10.1. The molecule has 6 nitrogen and oxygen atoms in total. The lowest BCUT2D eigenvalue weighted by molar-refractivity contribution is 0.0939. The van der Waals surface area contributed by atoms with Gasteiger partial charge in [0.2, 0.25) is 10.0 Å². The Morgan fingerprint density at radius 1 is 1.07 bits per heavy atom. The summed E-state index contributed by atoms with van der Waals surface area (Å²) >= 11 is 3.40. The number of carbonyl (C=O) groups is 1. The molecule has 0 aliphatic carbocycles. The molecule has 1 unspecified atom stereocenters. The summed E-state index contributed by atoms with van der Waals surface area (Å²) in [5.74, 6) is -0.0860. The Balaban J connectivity index is 1.86. The average molecular weight is 495 g/mol. The second-order valence-electron chi connectivity index (χ2n) is 7.43. The first-order valence-electron chi connectivity index (χ1n) is 10.1. The molecule has 162 valence electrons. The highest BCUT2D eigenvalue weighted by molar-refractivity contribution is 9.10. The van der Waals surface area contributed by atoms with Crippen LogP contribution < -0.4 is 10.1 Å². The van der Waals surface area contributed by atoms with Crippen molar-refractivity contribution < 1.29 is 17.9 Å². The molecule has 1 aliphatic rings. The lowest BCUT2D eigenvalue weighted by Gasteiger charge is -2.22. The summed E-state index contributed by atoms with van der Waals surface area (Å²) in [4.78, 5) is 12.9. The van der Waals surface area contributed by atoms with Gasteiger partial charge in [-0.05, 0) is 55.7 Å². The van der Waals surface area contributed by atoms with Crippen molar-refractivity contribution in [1.29, 1.82) is 0 Å². The van der Waals surface area contributed by atoms with E-state index in [2.05, 4.69) is 21.2 Å². The van der Waals surface area contributed by atoms with Gasteiger partial charge in [-0.1, -0.05) is 40.9 Å². The first kappa shape index (κ1) is 22.8. The van der Waals surface area contributed by atoms with E-state index in [0.717, 1.165) is 35.7 Å². The second-order valence-corrected chi connectivity index (χ2v) is 10.3. The Morgan fingerprint density at radius 2 is 1.70 bits per heavy atom. The highest BCUT2D eigenvalue weighted by Gasteiger charge is 2.29. The Hall–Kier alpha value is -1.90. The van der Waals surface area contributed by atoms with Crippen LogP contribution in [0.2, 0.25) is 0 Å². The zero-order chi connectivity index (χ0) is 21.7. The van der Waals surface area contributed by atoms with E-state index in [1.165, 1.54) is 17.5 Å². The van der Waals surface area contributed by atoms with Crippen molar-refractivity contribution in [1.82, 2.24) is 9.62 Å². The minimum absolute atomic E-state index is 0.0378. The topological polar surface area (TPSA) is 75.7 Å². The molecule has 0 spiro atoms. The summed E-state index contributed by atoms with van der Waals surface area (Å²) in [5.41, 5.74) is 1.24. The number of sulfonamides is 1. The number of nitrogens with one attached hydrogen (secondary N) is 1. The smallest absolute Gasteiger partial charge is 0.251 e. The number of hydrogen-bond acceptors (Lipinski definition) is 4. The summed E-state index contributed by atoms with van der Waals surface area (Å²) in [7, 11) is -2.31. The SMILES string of the molecule is COc1ccc(C(=O)NC(C)c2ccc(Br)cc2)cc1S(=O)(=O)N1CCCCCC1. The molecule has 2 aromatic carbocycles. The number of nitrogens with zero attached hydrogens (tertiary/aromatic N) is 1. The van der Waals surface area contributed by atoms with Gasteiger partial charge in [0.1, 0.15) is 10.6 Å². The third-order valence-electron chi connectivity index (χ3n) is 5.33. The first-order valence-corrected chi connectivity index (χ1v) is 12.3. The monoisotopic (exact) mass is 494 g/mol. The molecule has 30 heavy (non-hydrogen) atoms. The number of halogens is 1. The van der Waals surface area contributed by atoms with Crippen LogP contribution in [-0.4, -0.2) is 38.8 Å². The van der Waals surface area contributed by atoms with Crippen LogP contribution in [0.15, 0.2) is 51.8 Å². The zero-order valence-electron chi connectivity index (χ0n) is 17.2. The molecule has 0 aromatic heterocycles. The molecule has 2 aromatic rings. The third-order valence-corrected chi connectivity index (χ3v) is 7.77. The number of carbonyl (C=O) groups excluding carboxylic acids is 1.